The van der Waals surface area contributed by atoms with Crippen LogP contribution in [0.25, 0.3) is 0 Å². The van der Waals surface area contributed by atoms with Crippen LogP contribution in [0.2, 0.25) is 0 Å². The van der Waals surface area contributed by atoms with Gasteiger partial charge < -0.3 is 14.8 Å². The summed E-state index contributed by atoms with van der Waals surface area (Å²) in [6.07, 6.45) is 0. The van der Waals surface area contributed by atoms with Crippen molar-refractivity contribution in [3.8, 4) is 11.5 Å². The highest BCUT2D eigenvalue weighted by atomic mass is 32.2. The van der Waals surface area contributed by atoms with Gasteiger partial charge in [0.2, 0.25) is 5.91 Å². The minimum Gasteiger partial charge on any atom is -0.497 e. The van der Waals surface area contributed by atoms with Crippen LogP contribution in [0.3, 0.4) is 0 Å². The number of rotatable bonds is 9. The van der Waals surface area contributed by atoms with Crippen molar-refractivity contribution in [2.75, 3.05) is 24.3 Å². The van der Waals surface area contributed by atoms with Crippen LogP contribution in [0, 0.1) is 0 Å². The number of amides is 1. The Balaban J connectivity index is 1.62. The number of thioether (sulfide) groups is 1. The first kappa shape index (κ1) is 23.5. The lowest BCUT2D eigenvalue weighted by Crippen LogP contribution is -2.22. The molecule has 0 aliphatic rings. The molecule has 0 aliphatic heterocycles. The monoisotopic (exact) mass is 472 g/mol. The minimum absolute atomic E-state index is 0.181. The van der Waals surface area contributed by atoms with Gasteiger partial charge in [0.05, 0.1) is 24.4 Å². The fraction of sp³-hybridized carbons (Fsp3) is 0.174. The van der Waals surface area contributed by atoms with E-state index in [1.807, 2.05) is 0 Å². The molecule has 0 saturated heterocycles. The number of benzene rings is 3. The highest BCUT2D eigenvalue weighted by molar-refractivity contribution is 8.00. The van der Waals surface area contributed by atoms with Crippen LogP contribution < -0.4 is 19.5 Å². The summed E-state index contributed by atoms with van der Waals surface area (Å²) < 4.78 is 37.9. The van der Waals surface area contributed by atoms with Crippen molar-refractivity contribution in [2.45, 2.75) is 22.0 Å². The molecule has 1 unspecified atom stereocenters. The summed E-state index contributed by atoms with van der Waals surface area (Å²) in [5.41, 5.74) is 1.02. The Morgan fingerprint density at radius 1 is 0.875 bits per heavy atom. The topological polar surface area (TPSA) is 93.7 Å². The van der Waals surface area contributed by atoms with Gasteiger partial charge in [-0.15, -0.1) is 11.8 Å². The van der Waals surface area contributed by atoms with Crippen LogP contribution in [0.1, 0.15) is 6.92 Å². The molecule has 0 spiro atoms. The van der Waals surface area contributed by atoms with E-state index < -0.39 is 10.0 Å². The van der Waals surface area contributed by atoms with Crippen molar-refractivity contribution in [1.29, 1.82) is 0 Å². The Morgan fingerprint density at radius 2 is 1.47 bits per heavy atom. The maximum atomic E-state index is 12.6. The molecule has 7 nitrogen and oxygen atoms in total. The van der Waals surface area contributed by atoms with Gasteiger partial charge in [-0.2, -0.15) is 0 Å². The second-order valence-corrected chi connectivity index (χ2v) is 9.89. The summed E-state index contributed by atoms with van der Waals surface area (Å²) in [5, 5.41) is 2.47. The van der Waals surface area contributed by atoms with Crippen LogP contribution in [0.15, 0.2) is 82.6 Å². The second kappa shape index (κ2) is 10.4. The smallest absolute Gasteiger partial charge is 0.261 e. The number of carbonyl (C=O) groups is 1. The van der Waals surface area contributed by atoms with E-state index in [1.54, 1.807) is 81.8 Å². The predicted molar refractivity (Wildman–Crippen MR) is 127 cm³/mol. The third-order valence-electron chi connectivity index (χ3n) is 4.46. The highest BCUT2D eigenvalue weighted by Gasteiger charge is 2.17. The first-order chi connectivity index (χ1) is 15.3. The summed E-state index contributed by atoms with van der Waals surface area (Å²) >= 11 is 1.36. The molecule has 0 saturated carbocycles. The van der Waals surface area contributed by atoms with Crippen molar-refractivity contribution in [3.05, 3.63) is 72.8 Å². The average Bonchev–Trinajstić information content (AvgIpc) is 2.80. The van der Waals surface area contributed by atoms with Gasteiger partial charge in [0.15, 0.2) is 0 Å². The van der Waals surface area contributed by atoms with Gasteiger partial charge in [0.1, 0.15) is 11.5 Å². The van der Waals surface area contributed by atoms with E-state index in [4.69, 9.17) is 9.47 Å². The van der Waals surface area contributed by atoms with Gasteiger partial charge >= 0.3 is 0 Å². The molecule has 0 heterocycles. The molecule has 0 aliphatic carbocycles. The van der Waals surface area contributed by atoms with Crippen LogP contribution >= 0.6 is 11.8 Å². The molecule has 3 aromatic rings. The molecule has 3 aromatic carbocycles. The molecule has 0 bridgehead atoms. The van der Waals surface area contributed by atoms with E-state index in [0.717, 1.165) is 4.90 Å². The molecule has 2 N–H and O–H groups in total. The van der Waals surface area contributed by atoms with E-state index in [0.29, 0.717) is 22.9 Å². The first-order valence-electron chi connectivity index (χ1n) is 9.69. The first-order valence-corrected chi connectivity index (χ1v) is 12.1. The molecule has 168 valence electrons. The minimum atomic E-state index is -3.65. The fourth-order valence-corrected chi connectivity index (χ4v) is 4.74. The van der Waals surface area contributed by atoms with Crippen molar-refractivity contribution >= 4 is 39.1 Å². The molecule has 0 fully saturated rings. The fourth-order valence-electron chi connectivity index (χ4n) is 2.80. The van der Waals surface area contributed by atoms with E-state index >= 15 is 0 Å². The third-order valence-corrected chi connectivity index (χ3v) is 6.97. The van der Waals surface area contributed by atoms with Crippen molar-refractivity contribution in [3.63, 3.8) is 0 Å². The molecular formula is C23H24N2O5S2. The molecule has 32 heavy (non-hydrogen) atoms. The summed E-state index contributed by atoms with van der Waals surface area (Å²) in [7, 11) is -0.562. The molecule has 0 radical (unpaired) electrons. The Morgan fingerprint density at radius 3 is 2.03 bits per heavy atom. The normalized spacial score (nSPS) is 12.0. The molecule has 0 aromatic heterocycles. The average molecular weight is 473 g/mol. The third kappa shape index (κ3) is 6.18. The van der Waals surface area contributed by atoms with Crippen molar-refractivity contribution in [1.82, 2.24) is 0 Å². The summed E-state index contributed by atoms with van der Waals surface area (Å²) in [6.45, 7) is 1.80. The lowest BCUT2D eigenvalue weighted by molar-refractivity contribution is -0.115. The Hall–Kier alpha value is -3.17. The van der Waals surface area contributed by atoms with Crippen LogP contribution in [-0.4, -0.2) is 33.8 Å². The second-order valence-electron chi connectivity index (χ2n) is 6.79. The number of anilines is 2. The zero-order valence-corrected chi connectivity index (χ0v) is 19.5. The van der Waals surface area contributed by atoms with E-state index in [1.165, 1.54) is 23.9 Å². The molecular weight excluding hydrogens is 448 g/mol. The van der Waals surface area contributed by atoms with Crippen LogP contribution in [-0.2, 0) is 14.8 Å². The maximum Gasteiger partial charge on any atom is 0.261 e. The van der Waals surface area contributed by atoms with E-state index in [-0.39, 0.29) is 16.1 Å². The maximum absolute atomic E-state index is 12.6. The zero-order chi connectivity index (χ0) is 23.1. The van der Waals surface area contributed by atoms with E-state index in [9.17, 15) is 13.2 Å². The van der Waals surface area contributed by atoms with Gasteiger partial charge in [-0.05, 0) is 43.3 Å². The molecule has 1 atom stereocenters. The Bertz CT molecular complexity index is 1140. The summed E-state index contributed by atoms with van der Waals surface area (Å²) in [5.74, 6) is 0.973. The quantitative estimate of drug-likeness (QED) is 0.441. The van der Waals surface area contributed by atoms with Gasteiger partial charge in [-0.25, -0.2) is 8.42 Å². The SMILES string of the molecule is COc1cc(NC(=O)C(C)Sc2ccc(NS(=O)(=O)c3ccccc3)cc2)cc(OC)c1. The number of ether oxygens (including phenoxy) is 2. The van der Waals surface area contributed by atoms with Gasteiger partial charge in [0, 0.05) is 34.5 Å². The Labute approximate surface area is 192 Å². The number of hydrogen-bond acceptors (Lipinski definition) is 6. The zero-order valence-electron chi connectivity index (χ0n) is 17.9. The largest absolute Gasteiger partial charge is 0.497 e. The number of carbonyl (C=O) groups excluding carboxylic acids is 1. The standard InChI is InChI=1S/C23H24N2O5S2/c1-16(23(26)24-18-13-19(29-2)15-20(14-18)30-3)31-21-11-9-17(10-12-21)25-32(27,28)22-7-5-4-6-8-22/h4-16,25H,1-3H3,(H,24,26). The highest BCUT2D eigenvalue weighted by Crippen LogP contribution is 2.29. The van der Waals surface area contributed by atoms with Crippen molar-refractivity contribution < 1.29 is 22.7 Å². The molecule has 3 rings (SSSR count). The van der Waals surface area contributed by atoms with Gasteiger partial charge in [-0.3, -0.25) is 9.52 Å². The van der Waals surface area contributed by atoms with Crippen LogP contribution in [0.5, 0.6) is 11.5 Å². The Kier molecular flexibility index (Phi) is 7.66. The number of hydrogen-bond donors (Lipinski definition) is 2. The van der Waals surface area contributed by atoms with E-state index in [2.05, 4.69) is 10.0 Å². The van der Waals surface area contributed by atoms with Gasteiger partial charge in [0.25, 0.3) is 10.0 Å². The summed E-state index contributed by atoms with van der Waals surface area (Å²) in [6, 6.07) is 20.2. The lowest BCUT2D eigenvalue weighted by atomic mass is 10.2. The lowest BCUT2D eigenvalue weighted by Gasteiger charge is -2.14. The van der Waals surface area contributed by atoms with Crippen LogP contribution in [0.4, 0.5) is 11.4 Å². The summed E-state index contributed by atoms with van der Waals surface area (Å²) in [4.78, 5) is 13.6. The number of methoxy groups -OCH3 is 2. The number of sulfonamides is 1. The van der Waals surface area contributed by atoms with Crippen molar-refractivity contribution in [2.24, 2.45) is 0 Å². The predicted octanol–water partition coefficient (Wildman–Crippen LogP) is 4.62. The molecule has 9 heteroatoms. The van der Waals surface area contributed by atoms with Gasteiger partial charge in [-0.1, -0.05) is 18.2 Å². The molecule has 1 amide bonds. The number of nitrogens with one attached hydrogen (secondary N) is 2.